The zero-order valence-electron chi connectivity index (χ0n) is 13.5. The van der Waals surface area contributed by atoms with Gasteiger partial charge in [0.2, 0.25) is 5.56 Å². The second-order valence-electron chi connectivity index (χ2n) is 6.42. The molecule has 2 aliphatic heterocycles. The summed E-state index contributed by atoms with van der Waals surface area (Å²) in [6, 6.07) is 3.13. The highest BCUT2D eigenvalue weighted by Crippen LogP contribution is 2.30. The lowest BCUT2D eigenvalue weighted by Gasteiger charge is -2.39. The summed E-state index contributed by atoms with van der Waals surface area (Å²) in [7, 11) is 1.65. The van der Waals surface area contributed by atoms with Crippen LogP contribution in [0.15, 0.2) is 23.1 Å². The average Bonchev–Trinajstić information content (AvgIpc) is 2.58. The molecule has 0 spiro atoms. The SMILES string of the molecule is Cn1cc(C(=O)N[C@@H]2CCOC[C@@H]2C2CCOCC2)ccc1=O. The Morgan fingerprint density at radius 1 is 1.17 bits per heavy atom. The molecule has 2 saturated heterocycles. The van der Waals surface area contributed by atoms with Gasteiger partial charge in [0, 0.05) is 51.1 Å². The third-order valence-electron chi connectivity index (χ3n) is 4.94. The van der Waals surface area contributed by atoms with Gasteiger partial charge in [0.15, 0.2) is 0 Å². The van der Waals surface area contributed by atoms with Crippen LogP contribution in [0.4, 0.5) is 0 Å². The minimum absolute atomic E-state index is 0.118. The molecule has 23 heavy (non-hydrogen) atoms. The van der Waals surface area contributed by atoms with Gasteiger partial charge in [-0.25, -0.2) is 0 Å². The fourth-order valence-electron chi connectivity index (χ4n) is 3.53. The Bertz CT molecular complexity index is 607. The zero-order valence-corrected chi connectivity index (χ0v) is 13.5. The number of carbonyl (C=O) groups is 1. The molecule has 0 aliphatic carbocycles. The lowest BCUT2D eigenvalue weighted by Crippen LogP contribution is -2.49. The minimum Gasteiger partial charge on any atom is -0.381 e. The van der Waals surface area contributed by atoms with E-state index in [2.05, 4.69) is 5.32 Å². The molecule has 0 bridgehead atoms. The first-order valence-corrected chi connectivity index (χ1v) is 8.28. The predicted octanol–water partition coefficient (Wildman–Crippen LogP) is 0.947. The number of nitrogens with zero attached hydrogens (tertiary/aromatic N) is 1. The second kappa shape index (κ2) is 7.27. The molecule has 2 fully saturated rings. The highest BCUT2D eigenvalue weighted by Gasteiger charge is 2.34. The summed E-state index contributed by atoms with van der Waals surface area (Å²) >= 11 is 0. The first kappa shape index (κ1) is 16.2. The molecule has 0 unspecified atom stereocenters. The van der Waals surface area contributed by atoms with Crippen molar-refractivity contribution in [2.75, 3.05) is 26.4 Å². The van der Waals surface area contributed by atoms with Gasteiger partial charge in [-0.15, -0.1) is 0 Å². The molecule has 3 rings (SSSR count). The Balaban J connectivity index is 1.69. The molecule has 126 valence electrons. The van der Waals surface area contributed by atoms with Crippen molar-refractivity contribution in [3.63, 3.8) is 0 Å². The van der Waals surface area contributed by atoms with Crippen LogP contribution in [0.1, 0.15) is 29.6 Å². The smallest absolute Gasteiger partial charge is 0.252 e. The summed E-state index contributed by atoms with van der Waals surface area (Å²) in [6.45, 7) is 2.96. The summed E-state index contributed by atoms with van der Waals surface area (Å²) in [5.74, 6) is 0.753. The Morgan fingerprint density at radius 3 is 2.65 bits per heavy atom. The fourth-order valence-corrected chi connectivity index (χ4v) is 3.53. The van der Waals surface area contributed by atoms with Crippen LogP contribution < -0.4 is 10.9 Å². The van der Waals surface area contributed by atoms with Crippen molar-refractivity contribution in [2.45, 2.75) is 25.3 Å². The maximum atomic E-state index is 12.5. The van der Waals surface area contributed by atoms with Crippen molar-refractivity contribution < 1.29 is 14.3 Å². The largest absolute Gasteiger partial charge is 0.381 e. The van der Waals surface area contributed by atoms with Gasteiger partial charge < -0.3 is 19.4 Å². The lowest BCUT2D eigenvalue weighted by molar-refractivity contribution is -0.0259. The van der Waals surface area contributed by atoms with Crippen molar-refractivity contribution in [3.8, 4) is 0 Å². The van der Waals surface area contributed by atoms with E-state index in [9.17, 15) is 9.59 Å². The molecule has 1 aromatic heterocycles. The number of hydrogen-bond donors (Lipinski definition) is 1. The van der Waals surface area contributed by atoms with Crippen LogP contribution in [0.2, 0.25) is 0 Å². The molecule has 2 aliphatic rings. The van der Waals surface area contributed by atoms with E-state index >= 15 is 0 Å². The van der Waals surface area contributed by atoms with E-state index < -0.39 is 0 Å². The summed E-state index contributed by atoms with van der Waals surface area (Å²) in [5, 5.41) is 3.15. The number of amides is 1. The van der Waals surface area contributed by atoms with Gasteiger partial charge in [-0.2, -0.15) is 0 Å². The standard InChI is InChI=1S/C17H24N2O4/c1-19-10-13(2-3-16(19)20)17(21)18-15-6-9-23-11-14(15)12-4-7-22-8-5-12/h2-3,10,12,14-15H,4-9,11H2,1H3,(H,18,21)/t14-,15-/m1/s1. The lowest BCUT2D eigenvalue weighted by atomic mass is 9.79. The van der Waals surface area contributed by atoms with Crippen molar-refractivity contribution >= 4 is 5.91 Å². The summed E-state index contributed by atoms with van der Waals surface area (Å²) < 4.78 is 12.5. The Hall–Kier alpha value is -1.66. The normalized spacial score (nSPS) is 26.0. The number of hydrogen-bond acceptors (Lipinski definition) is 4. The van der Waals surface area contributed by atoms with Crippen molar-refractivity contribution in [1.29, 1.82) is 0 Å². The Kier molecular flexibility index (Phi) is 5.13. The number of aryl methyl sites for hydroxylation is 1. The van der Waals surface area contributed by atoms with E-state index in [0.717, 1.165) is 32.5 Å². The molecule has 2 atom stereocenters. The Morgan fingerprint density at radius 2 is 1.91 bits per heavy atom. The average molecular weight is 320 g/mol. The summed E-state index contributed by atoms with van der Waals surface area (Å²) in [4.78, 5) is 24.0. The maximum Gasteiger partial charge on any atom is 0.252 e. The highest BCUT2D eigenvalue weighted by atomic mass is 16.5. The fraction of sp³-hybridized carbons (Fsp3) is 0.647. The van der Waals surface area contributed by atoms with Gasteiger partial charge in [-0.3, -0.25) is 9.59 Å². The molecule has 1 aromatic rings. The quantitative estimate of drug-likeness (QED) is 0.900. The third kappa shape index (κ3) is 3.82. The number of rotatable bonds is 3. The third-order valence-corrected chi connectivity index (χ3v) is 4.94. The van der Waals surface area contributed by atoms with Crippen LogP contribution in [-0.2, 0) is 16.5 Å². The molecule has 3 heterocycles. The molecular formula is C17H24N2O4. The van der Waals surface area contributed by atoms with Gasteiger partial charge in [0.1, 0.15) is 0 Å². The molecule has 0 aromatic carbocycles. The monoisotopic (exact) mass is 320 g/mol. The van der Waals surface area contributed by atoms with Gasteiger partial charge in [0.25, 0.3) is 5.91 Å². The number of carbonyl (C=O) groups excluding carboxylic acids is 1. The summed E-state index contributed by atoms with van der Waals surface area (Å²) in [6.07, 6.45) is 4.47. The highest BCUT2D eigenvalue weighted by molar-refractivity contribution is 5.94. The molecule has 6 nitrogen and oxygen atoms in total. The number of aromatic nitrogens is 1. The van der Waals surface area contributed by atoms with E-state index in [1.54, 1.807) is 19.3 Å². The van der Waals surface area contributed by atoms with Gasteiger partial charge in [-0.1, -0.05) is 0 Å². The van der Waals surface area contributed by atoms with Gasteiger partial charge >= 0.3 is 0 Å². The first-order valence-electron chi connectivity index (χ1n) is 8.28. The second-order valence-corrected chi connectivity index (χ2v) is 6.42. The minimum atomic E-state index is -0.121. The molecule has 1 amide bonds. The molecule has 1 N–H and O–H groups in total. The zero-order chi connectivity index (χ0) is 16.2. The van der Waals surface area contributed by atoms with Gasteiger partial charge in [0.05, 0.1) is 12.2 Å². The van der Waals surface area contributed by atoms with Crippen LogP contribution in [-0.4, -0.2) is 42.9 Å². The molecule has 0 radical (unpaired) electrons. The molecular weight excluding hydrogens is 296 g/mol. The Labute approximate surface area is 135 Å². The number of nitrogens with one attached hydrogen (secondary N) is 1. The van der Waals surface area contributed by atoms with Crippen LogP contribution >= 0.6 is 0 Å². The van der Waals surface area contributed by atoms with Gasteiger partial charge in [-0.05, 0) is 31.2 Å². The van der Waals surface area contributed by atoms with Crippen LogP contribution in [0.25, 0.3) is 0 Å². The first-order chi connectivity index (χ1) is 11.1. The van der Waals surface area contributed by atoms with Crippen LogP contribution in [0.3, 0.4) is 0 Å². The van der Waals surface area contributed by atoms with Crippen molar-refractivity contribution in [3.05, 3.63) is 34.2 Å². The van der Waals surface area contributed by atoms with E-state index in [1.807, 2.05) is 0 Å². The van der Waals surface area contributed by atoms with Crippen LogP contribution in [0.5, 0.6) is 0 Å². The maximum absolute atomic E-state index is 12.5. The van der Waals surface area contributed by atoms with Crippen LogP contribution in [0, 0.1) is 11.8 Å². The van der Waals surface area contributed by atoms with Crippen molar-refractivity contribution in [1.82, 2.24) is 9.88 Å². The number of pyridine rings is 1. The van der Waals surface area contributed by atoms with E-state index in [-0.39, 0.29) is 17.5 Å². The predicted molar refractivity (Wildman–Crippen MR) is 85.4 cm³/mol. The van der Waals surface area contributed by atoms with E-state index in [0.29, 0.717) is 30.6 Å². The summed E-state index contributed by atoms with van der Waals surface area (Å²) in [5.41, 5.74) is 0.400. The molecule has 0 saturated carbocycles. The number of ether oxygens (including phenoxy) is 2. The van der Waals surface area contributed by atoms with E-state index in [1.165, 1.54) is 10.6 Å². The topological polar surface area (TPSA) is 69.6 Å². The van der Waals surface area contributed by atoms with Crippen molar-refractivity contribution in [2.24, 2.45) is 18.9 Å². The molecule has 6 heteroatoms. The van der Waals surface area contributed by atoms with E-state index in [4.69, 9.17) is 9.47 Å².